The highest BCUT2D eigenvalue weighted by molar-refractivity contribution is 5.78. The van der Waals surface area contributed by atoms with Gasteiger partial charge in [0.05, 0.1) is 0 Å². The number of fused-ring (bicyclic) bond motifs is 1. The van der Waals surface area contributed by atoms with E-state index in [0.29, 0.717) is 0 Å². The highest BCUT2D eigenvalue weighted by Gasteiger charge is 2.10. The Balaban J connectivity index is 2.27. The van der Waals surface area contributed by atoms with E-state index in [1.807, 2.05) is 55.1 Å². The van der Waals surface area contributed by atoms with Crippen molar-refractivity contribution in [2.24, 2.45) is 7.05 Å². The van der Waals surface area contributed by atoms with Gasteiger partial charge >= 0.3 is 0 Å². The van der Waals surface area contributed by atoms with Crippen LogP contribution >= 0.6 is 0 Å². The minimum atomic E-state index is 0.740. The number of benzene rings is 1. The molecule has 0 unspecified atom stereocenters. The van der Waals surface area contributed by atoms with Crippen LogP contribution in [0.1, 0.15) is 5.56 Å². The molecule has 90 valence electrons. The second-order valence-corrected chi connectivity index (χ2v) is 4.48. The summed E-state index contributed by atoms with van der Waals surface area (Å²) < 4.78 is 1.99. The molecule has 2 aromatic heterocycles. The van der Waals surface area contributed by atoms with Gasteiger partial charge in [0.2, 0.25) is 0 Å². The van der Waals surface area contributed by atoms with Crippen molar-refractivity contribution < 1.29 is 0 Å². The van der Waals surface area contributed by atoms with Crippen molar-refractivity contribution in [3.63, 3.8) is 0 Å². The lowest BCUT2D eigenvalue weighted by Crippen LogP contribution is -1.94. The topological polar surface area (TPSA) is 56.7 Å². The lowest BCUT2D eigenvalue weighted by molar-refractivity contribution is 0.941. The normalized spacial score (nSPS) is 11.0. The van der Waals surface area contributed by atoms with Gasteiger partial charge in [0.25, 0.3) is 0 Å². The van der Waals surface area contributed by atoms with Crippen LogP contribution in [0.4, 0.5) is 5.69 Å². The highest BCUT2D eigenvalue weighted by Crippen LogP contribution is 2.24. The molecular formula is C14H14N4. The molecule has 18 heavy (non-hydrogen) atoms. The first kappa shape index (κ1) is 10.8. The van der Waals surface area contributed by atoms with E-state index in [2.05, 4.69) is 9.97 Å². The van der Waals surface area contributed by atoms with Gasteiger partial charge in [0.15, 0.2) is 5.65 Å². The molecule has 3 aromatic rings. The standard InChI is InChI=1S/C14H14N4/c1-9-6-12-14(16-8-9)18(2)13(17-12)10-4-3-5-11(15)7-10/h3-8H,15H2,1-2H3. The highest BCUT2D eigenvalue weighted by atomic mass is 15.1. The summed E-state index contributed by atoms with van der Waals surface area (Å²) >= 11 is 0. The van der Waals surface area contributed by atoms with Gasteiger partial charge in [-0.2, -0.15) is 0 Å². The molecule has 0 radical (unpaired) electrons. The van der Waals surface area contributed by atoms with E-state index in [1.54, 1.807) is 0 Å². The fourth-order valence-electron chi connectivity index (χ4n) is 2.11. The van der Waals surface area contributed by atoms with Crippen molar-refractivity contribution in [2.75, 3.05) is 5.73 Å². The third kappa shape index (κ3) is 1.62. The van der Waals surface area contributed by atoms with Gasteiger partial charge < -0.3 is 10.3 Å². The van der Waals surface area contributed by atoms with Crippen molar-refractivity contribution in [1.82, 2.24) is 14.5 Å². The van der Waals surface area contributed by atoms with E-state index in [1.165, 1.54) is 0 Å². The number of aryl methyl sites for hydroxylation is 2. The van der Waals surface area contributed by atoms with Gasteiger partial charge in [-0.3, -0.25) is 0 Å². The van der Waals surface area contributed by atoms with E-state index >= 15 is 0 Å². The van der Waals surface area contributed by atoms with Crippen LogP contribution in [0.5, 0.6) is 0 Å². The van der Waals surface area contributed by atoms with Crippen molar-refractivity contribution in [3.05, 3.63) is 42.1 Å². The van der Waals surface area contributed by atoms with Gasteiger partial charge in [0.1, 0.15) is 11.3 Å². The number of nitrogen functional groups attached to an aromatic ring is 1. The lowest BCUT2D eigenvalue weighted by atomic mass is 10.2. The van der Waals surface area contributed by atoms with Crippen LogP contribution in [0.15, 0.2) is 36.5 Å². The molecule has 0 aliphatic carbocycles. The molecule has 3 rings (SSSR count). The van der Waals surface area contributed by atoms with Crippen molar-refractivity contribution in [3.8, 4) is 11.4 Å². The Morgan fingerprint density at radius 1 is 1.22 bits per heavy atom. The maximum absolute atomic E-state index is 5.81. The van der Waals surface area contributed by atoms with Crippen molar-refractivity contribution in [2.45, 2.75) is 6.92 Å². The molecule has 1 aromatic carbocycles. The summed E-state index contributed by atoms with van der Waals surface area (Å²) in [4.78, 5) is 9.05. The van der Waals surface area contributed by atoms with Crippen LogP contribution < -0.4 is 5.73 Å². The number of imidazole rings is 1. The van der Waals surface area contributed by atoms with E-state index < -0.39 is 0 Å². The predicted octanol–water partition coefficient (Wildman–Crippen LogP) is 2.53. The zero-order chi connectivity index (χ0) is 12.7. The molecule has 4 nitrogen and oxygen atoms in total. The third-order valence-corrected chi connectivity index (χ3v) is 2.99. The minimum absolute atomic E-state index is 0.740. The predicted molar refractivity (Wildman–Crippen MR) is 73.1 cm³/mol. The number of anilines is 1. The molecule has 2 N–H and O–H groups in total. The van der Waals surface area contributed by atoms with Crippen LogP contribution in [-0.2, 0) is 7.05 Å². The molecule has 0 saturated carbocycles. The average molecular weight is 238 g/mol. The Kier molecular flexibility index (Phi) is 2.30. The van der Waals surface area contributed by atoms with Gasteiger partial charge in [0, 0.05) is 24.5 Å². The summed E-state index contributed by atoms with van der Waals surface area (Å²) in [6, 6.07) is 9.77. The van der Waals surface area contributed by atoms with Gasteiger partial charge in [-0.25, -0.2) is 9.97 Å². The van der Waals surface area contributed by atoms with Crippen molar-refractivity contribution >= 4 is 16.9 Å². The average Bonchev–Trinajstić information content (AvgIpc) is 2.66. The van der Waals surface area contributed by atoms with Crippen molar-refractivity contribution in [1.29, 1.82) is 0 Å². The van der Waals surface area contributed by atoms with E-state index in [0.717, 1.165) is 33.8 Å². The first-order valence-corrected chi connectivity index (χ1v) is 5.80. The third-order valence-electron chi connectivity index (χ3n) is 2.99. The molecular weight excluding hydrogens is 224 g/mol. The number of pyridine rings is 1. The Hall–Kier alpha value is -2.36. The lowest BCUT2D eigenvalue weighted by Gasteiger charge is -2.02. The number of aromatic nitrogens is 3. The summed E-state index contributed by atoms with van der Waals surface area (Å²) in [6.45, 7) is 2.02. The van der Waals surface area contributed by atoms with E-state index in [9.17, 15) is 0 Å². The first-order chi connectivity index (χ1) is 8.65. The quantitative estimate of drug-likeness (QED) is 0.663. The Morgan fingerprint density at radius 3 is 2.83 bits per heavy atom. The zero-order valence-corrected chi connectivity index (χ0v) is 10.4. The maximum Gasteiger partial charge on any atom is 0.160 e. The summed E-state index contributed by atoms with van der Waals surface area (Å²) in [6.07, 6.45) is 1.85. The van der Waals surface area contributed by atoms with Gasteiger partial charge in [-0.05, 0) is 30.7 Å². The molecule has 0 aliphatic rings. The van der Waals surface area contributed by atoms with Gasteiger partial charge in [-0.1, -0.05) is 12.1 Å². The summed E-state index contributed by atoms with van der Waals surface area (Å²) in [5.41, 5.74) is 10.5. The van der Waals surface area contributed by atoms with E-state index in [-0.39, 0.29) is 0 Å². The van der Waals surface area contributed by atoms with Crippen LogP contribution in [-0.4, -0.2) is 14.5 Å². The molecule has 0 amide bonds. The first-order valence-electron chi connectivity index (χ1n) is 5.80. The molecule has 0 saturated heterocycles. The maximum atomic E-state index is 5.81. The number of nitrogens with zero attached hydrogens (tertiary/aromatic N) is 3. The SMILES string of the molecule is Cc1cnc2c(c1)nc(-c1cccc(N)c1)n2C. The largest absolute Gasteiger partial charge is 0.399 e. The fraction of sp³-hybridized carbons (Fsp3) is 0.143. The number of hydrogen-bond acceptors (Lipinski definition) is 3. The number of hydrogen-bond donors (Lipinski definition) is 1. The van der Waals surface area contributed by atoms with Crippen LogP contribution in [0, 0.1) is 6.92 Å². The zero-order valence-electron chi connectivity index (χ0n) is 10.4. The van der Waals surface area contributed by atoms with Gasteiger partial charge in [-0.15, -0.1) is 0 Å². The fourth-order valence-corrected chi connectivity index (χ4v) is 2.11. The minimum Gasteiger partial charge on any atom is -0.399 e. The molecule has 0 aliphatic heterocycles. The summed E-state index contributed by atoms with van der Waals surface area (Å²) in [7, 11) is 1.97. The molecule has 0 atom stereocenters. The summed E-state index contributed by atoms with van der Waals surface area (Å²) in [5, 5.41) is 0. The van der Waals surface area contributed by atoms with E-state index in [4.69, 9.17) is 5.73 Å². The summed E-state index contributed by atoms with van der Waals surface area (Å²) in [5.74, 6) is 0.885. The Labute approximate surface area is 105 Å². The molecule has 0 bridgehead atoms. The smallest absolute Gasteiger partial charge is 0.160 e. The molecule has 0 spiro atoms. The molecule has 4 heteroatoms. The molecule has 0 fully saturated rings. The Morgan fingerprint density at radius 2 is 2.06 bits per heavy atom. The molecule has 2 heterocycles. The Bertz CT molecular complexity index is 728. The van der Waals surface area contributed by atoms with Crippen LogP contribution in [0.3, 0.4) is 0 Å². The monoisotopic (exact) mass is 238 g/mol. The number of nitrogens with two attached hydrogens (primary N) is 1. The van der Waals surface area contributed by atoms with Crippen LogP contribution in [0.25, 0.3) is 22.6 Å². The second kappa shape index (κ2) is 3.84. The second-order valence-electron chi connectivity index (χ2n) is 4.48. The number of rotatable bonds is 1. The van der Waals surface area contributed by atoms with Crippen LogP contribution in [0.2, 0.25) is 0 Å².